The molecule has 1 saturated heterocycles. The van der Waals surface area contributed by atoms with Gasteiger partial charge in [0.2, 0.25) is 5.95 Å². The van der Waals surface area contributed by atoms with Crippen LogP contribution in [0.25, 0.3) is 10.9 Å². The maximum Gasteiger partial charge on any atom is 0.339 e. The van der Waals surface area contributed by atoms with Gasteiger partial charge in [-0.25, -0.2) is 14.8 Å². The number of aromatic nitrogens is 3. The van der Waals surface area contributed by atoms with Crippen LogP contribution < -0.4 is 14.4 Å². The highest BCUT2D eigenvalue weighted by molar-refractivity contribution is 5.88. The largest absolute Gasteiger partial charge is 0.497 e. The van der Waals surface area contributed by atoms with Crippen LogP contribution in [0.5, 0.6) is 11.5 Å². The van der Waals surface area contributed by atoms with Gasteiger partial charge in [0.05, 0.1) is 31.5 Å². The number of anilines is 1. The quantitative estimate of drug-likeness (QED) is 0.338. The molecule has 4 aromatic rings. The lowest BCUT2D eigenvalue weighted by Gasteiger charge is -2.27. The lowest BCUT2D eigenvalue weighted by atomic mass is 10.0. The van der Waals surface area contributed by atoms with Gasteiger partial charge in [0.15, 0.2) is 0 Å². The second-order valence-electron chi connectivity index (χ2n) is 9.43. The van der Waals surface area contributed by atoms with E-state index in [1.807, 2.05) is 24.3 Å². The van der Waals surface area contributed by atoms with Crippen LogP contribution in [0, 0.1) is 0 Å². The molecule has 1 aliphatic rings. The van der Waals surface area contributed by atoms with E-state index in [1.165, 1.54) is 22.7 Å². The number of benzene rings is 2. The van der Waals surface area contributed by atoms with E-state index < -0.39 is 5.97 Å². The number of carboxylic acid groups (broad SMARTS) is 1. The molecule has 0 spiro atoms. The van der Waals surface area contributed by atoms with E-state index in [2.05, 4.69) is 45.9 Å². The van der Waals surface area contributed by atoms with Gasteiger partial charge >= 0.3 is 5.97 Å². The van der Waals surface area contributed by atoms with Crippen LogP contribution in [0.4, 0.5) is 5.95 Å². The number of para-hydroxylation sites is 1. The first kappa shape index (κ1) is 24.6. The zero-order valence-electron chi connectivity index (χ0n) is 21.5. The number of fused-ring (bicyclic) bond motifs is 1. The van der Waals surface area contributed by atoms with Crippen molar-refractivity contribution in [3.63, 3.8) is 0 Å². The molecule has 8 heteroatoms. The van der Waals surface area contributed by atoms with Crippen molar-refractivity contribution in [2.45, 2.75) is 38.1 Å². The minimum atomic E-state index is -1.00. The fourth-order valence-corrected chi connectivity index (χ4v) is 5.41. The lowest BCUT2D eigenvalue weighted by Crippen LogP contribution is -2.26. The molecule has 1 aliphatic heterocycles. The number of nitrogens with zero attached hydrogens (tertiary/aromatic N) is 4. The Morgan fingerprint density at radius 3 is 2.76 bits per heavy atom. The highest BCUT2D eigenvalue weighted by atomic mass is 16.5. The molecule has 1 N–H and O–H groups in total. The van der Waals surface area contributed by atoms with E-state index >= 15 is 0 Å². The summed E-state index contributed by atoms with van der Waals surface area (Å²) in [6.07, 6.45) is 7.70. The second-order valence-corrected chi connectivity index (χ2v) is 9.43. The third-order valence-electron chi connectivity index (χ3n) is 7.23. The maximum absolute atomic E-state index is 12.0. The molecule has 1 atom stereocenters. The molecular formula is C29H32N4O4. The van der Waals surface area contributed by atoms with Crippen LogP contribution >= 0.6 is 0 Å². The predicted molar refractivity (Wildman–Crippen MR) is 143 cm³/mol. The van der Waals surface area contributed by atoms with E-state index in [0.717, 1.165) is 49.3 Å². The fraction of sp³-hybridized carbons (Fsp3) is 0.345. The summed E-state index contributed by atoms with van der Waals surface area (Å²) in [6, 6.07) is 14.2. The molecule has 0 amide bonds. The molecule has 0 aliphatic carbocycles. The molecule has 1 unspecified atom stereocenters. The number of carboxylic acids is 1. The van der Waals surface area contributed by atoms with Gasteiger partial charge in [-0.05, 0) is 61.9 Å². The number of aromatic carboxylic acids is 1. The summed E-state index contributed by atoms with van der Waals surface area (Å²) < 4.78 is 13.2. The Bertz CT molecular complexity index is 1430. The monoisotopic (exact) mass is 500 g/mol. The van der Waals surface area contributed by atoms with Crippen molar-refractivity contribution in [1.82, 2.24) is 14.5 Å². The highest BCUT2D eigenvalue weighted by Gasteiger charge is 2.31. The van der Waals surface area contributed by atoms with Gasteiger partial charge in [-0.3, -0.25) is 0 Å². The molecule has 1 fully saturated rings. The molecule has 2 aromatic heterocycles. The molecule has 37 heavy (non-hydrogen) atoms. The number of hydrogen-bond acceptors (Lipinski definition) is 6. The summed E-state index contributed by atoms with van der Waals surface area (Å²) >= 11 is 0. The van der Waals surface area contributed by atoms with Crippen molar-refractivity contribution < 1.29 is 19.4 Å². The van der Waals surface area contributed by atoms with E-state index in [1.54, 1.807) is 14.2 Å². The third kappa shape index (κ3) is 4.83. The van der Waals surface area contributed by atoms with Crippen LogP contribution in [-0.2, 0) is 19.9 Å². The lowest BCUT2D eigenvalue weighted by molar-refractivity contribution is 0.0694. The van der Waals surface area contributed by atoms with E-state index in [-0.39, 0.29) is 11.6 Å². The molecule has 8 nitrogen and oxygen atoms in total. The van der Waals surface area contributed by atoms with Gasteiger partial charge in [0.25, 0.3) is 0 Å². The Morgan fingerprint density at radius 1 is 1.14 bits per heavy atom. The Hall–Kier alpha value is -4.07. The Labute approximate surface area is 216 Å². The Balaban J connectivity index is 1.40. The summed E-state index contributed by atoms with van der Waals surface area (Å²) in [4.78, 5) is 23.4. The minimum Gasteiger partial charge on any atom is -0.497 e. The van der Waals surface area contributed by atoms with Gasteiger partial charge in [-0.15, -0.1) is 0 Å². The van der Waals surface area contributed by atoms with Crippen molar-refractivity contribution in [2.75, 3.05) is 25.7 Å². The Morgan fingerprint density at radius 2 is 1.97 bits per heavy atom. The van der Waals surface area contributed by atoms with Crippen molar-refractivity contribution in [3.05, 3.63) is 77.2 Å². The van der Waals surface area contributed by atoms with Crippen LogP contribution in [0.15, 0.2) is 54.9 Å². The molecular weight excluding hydrogens is 468 g/mol. The van der Waals surface area contributed by atoms with E-state index in [9.17, 15) is 9.90 Å². The van der Waals surface area contributed by atoms with Gasteiger partial charge in [0, 0.05) is 42.5 Å². The van der Waals surface area contributed by atoms with Gasteiger partial charge in [-0.1, -0.05) is 18.2 Å². The topological polar surface area (TPSA) is 89.7 Å². The molecule has 0 radical (unpaired) electrons. The molecule has 5 rings (SSSR count). The summed E-state index contributed by atoms with van der Waals surface area (Å²) in [5.74, 6) is 1.10. The maximum atomic E-state index is 12.0. The Kier molecular flexibility index (Phi) is 6.99. The first-order chi connectivity index (χ1) is 18.0. The van der Waals surface area contributed by atoms with Gasteiger partial charge in [0.1, 0.15) is 11.5 Å². The van der Waals surface area contributed by atoms with Crippen molar-refractivity contribution >= 4 is 22.8 Å². The number of hydrogen-bond donors (Lipinski definition) is 1. The first-order valence-electron chi connectivity index (χ1n) is 12.6. The summed E-state index contributed by atoms with van der Waals surface area (Å²) in [5, 5.41) is 11.0. The number of carbonyl (C=O) groups is 1. The summed E-state index contributed by atoms with van der Waals surface area (Å²) in [7, 11) is 5.36. The van der Waals surface area contributed by atoms with Crippen molar-refractivity contribution in [2.24, 2.45) is 7.05 Å². The average molecular weight is 501 g/mol. The first-order valence-corrected chi connectivity index (χ1v) is 12.6. The number of methoxy groups -OCH3 is 2. The van der Waals surface area contributed by atoms with Gasteiger partial charge < -0.3 is 24.0 Å². The number of ether oxygens (including phenoxy) is 2. The van der Waals surface area contributed by atoms with E-state index in [0.29, 0.717) is 18.1 Å². The van der Waals surface area contributed by atoms with Crippen molar-refractivity contribution in [3.8, 4) is 11.5 Å². The van der Waals surface area contributed by atoms with E-state index in [4.69, 9.17) is 14.5 Å². The molecule has 0 saturated carbocycles. The molecule has 0 bridgehead atoms. The predicted octanol–water partition coefficient (Wildman–Crippen LogP) is 5.20. The molecule has 2 aromatic carbocycles. The fourth-order valence-electron chi connectivity index (χ4n) is 5.41. The summed E-state index contributed by atoms with van der Waals surface area (Å²) in [6.45, 7) is 0.785. The SMILES string of the molecule is COc1ccc(OC)c(C2CCCN2c2ncc(C(=O)O)c(CCCc3cn(C)c4ccccc34)n2)c1. The zero-order chi connectivity index (χ0) is 25.9. The van der Waals surface area contributed by atoms with Crippen LogP contribution in [0.3, 0.4) is 0 Å². The summed E-state index contributed by atoms with van der Waals surface area (Å²) in [5.41, 5.74) is 4.20. The highest BCUT2D eigenvalue weighted by Crippen LogP contribution is 2.40. The van der Waals surface area contributed by atoms with Crippen molar-refractivity contribution in [1.29, 1.82) is 0 Å². The molecule has 3 heterocycles. The molecule has 192 valence electrons. The number of rotatable bonds is 9. The minimum absolute atomic E-state index is 0.0178. The third-order valence-corrected chi connectivity index (χ3v) is 7.23. The number of aryl methyl sites for hydroxylation is 3. The van der Waals surface area contributed by atoms with Crippen LogP contribution in [0.1, 0.15) is 52.5 Å². The van der Waals surface area contributed by atoms with Crippen LogP contribution in [0.2, 0.25) is 0 Å². The second kappa shape index (κ2) is 10.5. The standard InChI is InChI=1S/C29H32N4O4/c1-32-18-19(21-9-4-5-11-25(21)32)8-6-10-24-23(28(34)35)17-30-29(31-24)33-15-7-12-26(33)22-16-20(36-2)13-14-27(22)37-3/h4-5,9,11,13-14,16-18,26H,6-8,10,12,15H2,1-3H3,(H,34,35). The average Bonchev–Trinajstić information content (AvgIpc) is 3.53. The smallest absolute Gasteiger partial charge is 0.339 e. The normalized spacial score (nSPS) is 15.3. The van der Waals surface area contributed by atoms with Crippen LogP contribution in [-0.4, -0.2) is 46.4 Å². The van der Waals surface area contributed by atoms with Gasteiger partial charge in [-0.2, -0.15) is 0 Å². The zero-order valence-corrected chi connectivity index (χ0v) is 21.5.